The van der Waals surface area contributed by atoms with Gasteiger partial charge in [0.2, 0.25) is 0 Å². The molecule has 0 aromatic heterocycles. The second-order valence-corrected chi connectivity index (χ2v) is 5.04. The Morgan fingerprint density at radius 2 is 1.86 bits per heavy atom. The quantitative estimate of drug-likeness (QED) is 0.694. The van der Waals surface area contributed by atoms with Gasteiger partial charge >= 0.3 is 5.97 Å². The minimum atomic E-state index is -0.976. The van der Waals surface area contributed by atoms with Crippen molar-refractivity contribution >= 4 is 5.97 Å². The molecule has 1 unspecified atom stereocenters. The lowest BCUT2D eigenvalue weighted by Gasteiger charge is -2.26. The summed E-state index contributed by atoms with van der Waals surface area (Å²) >= 11 is 0. The Kier molecular flexibility index (Phi) is 7.02. The van der Waals surface area contributed by atoms with Crippen molar-refractivity contribution in [3.8, 4) is 11.5 Å². The summed E-state index contributed by atoms with van der Waals surface area (Å²) in [6.07, 6.45) is 1.26. The average molecular weight is 295 g/mol. The second kappa shape index (κ2) is 8.52. The summed E-state index contributed by atoms with van der Waals surface area (Å²) in [5.41, 5.74) is -0.976. The van der Waals surface area contributed by atoms with Gasteiger partial charge in [0, 0.05) is 6.42 Å². The summed E-state index contributed by atoms with van der Waals surface area (Å²) in [4.78, 5) is 11.4. The molecule has 118 valence electrons. The van der Waals surface area contributed by atoms with Crippen molar-refractivity contribution in [1.82, 2.24) is 5.32 Å². The zero-order chi connectivity index (χ0) is 15.7. The van der Waals surface area contributed by atoms with E-state index >= 15 is 0 Å². The van der Waals surface area contributed by atoms with Crippen molar-refractivity contribution < 1.29 is 19.4 Å². The molecule has 5 nitrogen and oxygen atoms in total. The summed E-state index contributed by atoms with van der Waals surface area (Å²) in [5, 5.41) is 12.4. The molecule has 1 aromatic carbocycles. The van der Waals surface area contributed by atoms with Crippen molar-refractivity contribution in [2.45, 2.75) is 39.2 Å². The van der Waals surface area contributed by atoms with E-state index in [2.05, 4.69) is 5.32 Å². The molecule has 0 amide bonds. The molecule has 0 heterocycles. The van der Waals surface area contributed by atoms with Gasteiger partial charge in [-0.05, 0) is 38.9 Å². The molecule has 0 saturated carbocycles. The maximum atomic E-state index is 11.4. The number of hydrogen-bond acceptors (Lipinski definition) is 4. The molecule has 0 aliphatic rings. The van der Waals surface area contributed by atoms with E-state index in [0.29, 0.717) is 37.7 Å². The smallest absolute Gasteiger partial charge is 0.323 e. The van der Waals surface area contributed by atoms with Gasteiger partial charge in [-0.1, -0.05) is 19.1 Å². The number of rotatable bonds is 10. The number of carboxylic acids is 1. The van der Waals surface area contributed by atoms with Crippen LogP contribution in [0.25, 0.3) is 0 Å². The largest absolute Gasteiger partial charge is 0.490 e. The molecular weight excluding hydrogens is 270 g/mol. The maximum absolute atomic E-state index is 11.4. The highest BCUT2D eigenvalue weighted by molar-refractivity contribution is 5.78. The average Bonchev–Trinajstić information content (AvgIpc) is 2.47. The molecule has 2 N–H and O–H groups in total. The number of carbonyl (C=O) groups is 1. The lowest BCUT2D eigenvalue weighted by molar-refractivity contribution is -0.144. The Labute approximate surface area is 126 Å². The highest BCUT2D eigenvalue weighted by atomic mass is 16.5. The van der Waals surface area contributed by atoms with Crippen molar-refractivity contribution in [2.75, 3.05) is 19.8 Å². The van der Waals surface area contributed by atoms with Crippen molar-refractivity contribution in [1.29, 1.82) is 0 Å². The van der Waals surface area contributed by atoms with E-state index in [0.717, 1.165) is 6.42 Å². The van der Waals surface area contributed by atoms with Gasteiger partial charge in [0.1, 0.15) is 5.54 Å². The number of nitrogens with one attached hydrogen (secondary N) is 1. The molecular formula is C16H25NO4. The molecule has 0 aliphatic heterocycles. The minimum Gasteiger partial charge on any atom is -0.490 e. The fraction of sp³-hybridized carbons (Fsp3) is 0.562. The molecule has 21 heavy (non-hydrogen) atoms. The zero-order valence-electron chi connectivity index (χ0n) is 13.0. The zero-order valence-corrected chi connectivity index (χ0v) is 13.0. The van der Waals surface area contributed by atoms with E-state index in [4.69, 9.17) is 9.47 Å². The number of carboxylic acid groups (broad SMARTS) is 1. The van der Waals surface area contributed by atoms with Crippen molar-refractivity contribution in [2.24, 2.45) is 0 Å². The Morgan fingerprint density at radius 3 is 2.38 bits per heavy atom. The van der Waals surface area contributed by atoms with Crippen LogP contribution in [0.2, 0.25) is 0 Å². The lowest BCUT2D eigenvalue weighted by atomic mass is 9.98. The van der Waals surface area contributed by atoms with Gasteiger partial charge in [-0.2, -0.15) is 0 Å². The van der Waals surface area contributed by atoms with Gasteiger partial charge in [-0.15, -0.1) is 0 Å². The van der Waals surface area contributed by atoms with Crippen LogP contribution < -0.4 is 14.8 Å². The molecule has 1 rings (SSSR count). The van der Waals surface area contributed by atoms with Gasteiger partial charge in [-0.25, -0.2) is 0 Å². The van der Waals surface area contributed by atoms with E-state index in [1.807, 2.05) is 38.1 Å². The van der Waals surface area contributed by atoms with Gasteiger partial charge in [0.05, 0.1) is 13.2 Å². The Morgan fingerprint density at radius 1 is 1.24 bits per heavy atom. The van der Waals surface area contributed by atoms with Crippen LogP contribution in [-0.4, -0.2) is 36.4 Å². The molecule has 0 radical (unpaired) electrons. The molecule has 0 aliphatic carbocycles. The predicted molar refractivity (Wildman–Crippen MR) is 82.1 cm³/mol. The third-order valence-corrected chi connectivity index (χ3v) is 3.25. The normalized spacial score (nSPS) is 13.5. The number of para-hydroxylation sites is 2. The number of hydrogen-bond donors (Lipinski definition) is 2. The van der Waals surface area contributed by atoms with Gasteiger partial charge in [0.25, 0.3) is 0 Å². The first-order valence-corrected chi connectivity index (χ1v) is 7.36. The predicted octanol–water partition coefficient (Wildman–Crippen LogP) is 2.70. The summed E-state index contributed by atoms with van der Waals surface area (Å²) < 4.78 is 11.2. The molecule has 0 fully saturated rings. The summed E-state index contributed by atoms with van der Waals surface area (Å²) in [6, 6.07) is 7.40. The Hall–Kier alpha value is -1.75. The molecule has 0 saturated heterocycles. The van der Waals surface area contributed by atoms with Gasteiger partial charge < -0.3 is 19.9 Å². The fourth-order valence-corrected chi connectivity index (χ4v) is 1.88. The molecule has 0 bridgehead atoms. The molecule has 5 heteroatoms. The first-order valence-electron chi connectivity index (χ1n) is 7.36. The van der Waals surface area contributed by atoms with Crippen LogP contribution in [0.15, 0.2) is 24.3 Å². The van der Waals surface area contributed by atoms with Crippen LogP contribution in [0.1, 0.15) is 33.6 Å². The standard InChI is InChI=1S/C16H25NO4/c1-4-11-17-16(3,15(18)19)10-12-21-14-9-7-6-8-13(14)20-5-2/h6-9,17H,4-5,10-12H2,1-3H3,(H,18,19). The van der Waals surface area contributed by atoms with Crippen LogP contribution >= 0.6 is 0 Å². The third kappa shape index (κ3) is 5.27. The maximum Gasteiger partial charge on any atom is 0.323 e. The van der Waals surface area contributed by atoms with E-state index in [-0.39, 0.29) is 0 Å². The number of aliphatic carboxylic acids is 1. The van der Waals surface area contributed by atoms with E-state index in [1.54, 1.807) is 6.92 Å². The minimum absolute atomic E-state index is 0.309. The van der Waals surface area contributed by atoms with Crippen molar-refractivity contribution in [3.05, 3.63) is 24.3 Å². The third-order valence-electron chi connectivity index (χ3n) is 3.25. The van der Waals surface area contributed by atoms with E-state index < -0.39 is 11.5 Å². The highest BCUT2D eigenvalue weighted by Crippen LogP contribution is 2.26. The topological polar surface area (TPSA) is 67.8 Å². The monoisotopic (exact) mass is 295 g/mol. The lowest BCUT2D eigenvalue weighted by Crippen LogP contribution is -2.50. The van der Waals surface area contributed by atoms with Crippen LogP contribution in [0, 0.1) is 0 Å². The van der Waals surface area contributed by atoms with Crippen LogP contribution in [0.3, 0.4) is 0 Å². The summed E-state index contributed by atoms with van der Waals surface area (Å²) in [7, 11) is 0. The summed E-state index contributed by atoms with van der Waals surface area (Å²) in [6.45, 7) is 7.13. The van der Waals surface area contributed by atoms with E-state index in [1.165, 1.54) is 0 Å². The molecule has 1 atom stereocenters. The first-order chi connectivity index (χ1) is 10.0. The Bertz CT molecular complexity index is 450. The van der Waals surface area contributed by atoms with Crippen molar-refractivity contribution in [3.63, 3.8) is 0 Å². The van der Waals surface area contributed by atoms with Gasteiger partial charge in [0.15, 0.2) is 11.5 Å². The van der Waals surface area contributed by atoms with Crippen LogP contribution in [0.5, 0.6) is 11.5 Å². The van der Waals surface area contributed by atoms with Crippen LogP contribution in [-0.2, 0) is 4.79 Å². The SMILES string of the molecule is CCCNC(C)(CCOc1ccccc1OCC)C(=O)O. The fourth-order valence-electron chi connectivity index (χ4n) is 1.88. The molecule has 0 spiro atoms. The Balaban J connectivity index is 2.60. The van der Waals surface area contributed by atoms with Crippen LogP contribution in [0.4, 0.5) is 0 Å². The molecule has 1 aromatic rings. The number of benzene rings is 1. The summed E-state index contributed by atoms with van der Waals surface area (Å²) in [5.74, 6) is 0.457. The number of ether oxygens (including phenoxy) is 2. The van der Waals surface area contributed by atoms with E-state index in [9.17, 15) is 9.90 Å². The second-order valence-electron chi connectivity index (χ2n) is 5.04. The first kappa shape index (κ1) is 17.3. The van der Waals surface area contributed by atoms with Gasteiger partial charge in [-0.3, -0.25) is 4.79 Å². The highest BCUT2D eigenvalue weighted by Gasteiger charge is 2.32.